The van der Waals surface area contributed by atoms with Gasteiger partial charge in [0.1, 0.15) is 11.6 Å². The summed E-state index contributed by atoms with van der Waals surface area (Å²) < 4.78 is 5.23. The maximum Gasteiger partial charge on any atom is 0.173 e. The summed E-state index contributed by atoms with van der Waals surface area (Å²) in [4.78, 5) is 10.5. The number of nitrogens with zero attached hydrogens (tertiary/aromatic N) is 2. The molecule has 146 valence electrons. The Bertz CT molecular complexity index is 898. The number of fused-ring (bicyclic) bond motifs is 1. The zero-order valence-electron chi connectivity index (χ0n) is 16.1. The maximum atomic E-state index is 5.79. The van der Waals surface area contributed by atoms with Gasteiger partial charge in [0.05, 0.1) is 18.1 Å². The van der Waals surface area contributed by atoms with Crippen molar-refractivity contribution in [3.05, 3.63) is 54.4 Å². The normalized spacial score (nSPS) is 14.3. The molecule has 1 saturated carbocycles. The van der Waals surface area contributed by atoms with Gasteiger partial charge in [0.2, 0.25) is 0 Å². The van der Waals surface area contributed by atoms with Crippen molar-refractivity contribution in [3.63, 3.8) is 0 Å². The molecule has 0 spiro atoms. The number of aromatic amines is 1. The van der Waals surface area contributed by atoms with Crippen molar-refractivity contribution in [2.45, 2.75) is 38.1 Å². The van der Waals surface area contributed by atoms with Crippen LogP contribution in [-0.2, 0) is 6.42 Å². The van der Waals surface area contributed by atoms with Gasteiger partial charge in [-0.25, -0.2) is 4.98 Å². The minimum atomic E-state index is 0.502. The molecule has 0 bridgehead atoms. The average molecular weight is 395 g/mol. The Morgan fingerprint density at radius 1 is 1.18 bits per heavy atom. The number of benzene rings is 2. The highest BCUT2D eigenvalue weighted by molar-refractivity contribution is 7.80. The number of aromatic nitrogens is 2. The van der Waals surface area contributed by atoms with Gasteiger partial charge in [0.15, 0.2) is 5.11 Å². The van der Waals surface area contributed by atoms with E-state index in [0.717, 1.165) is 46.4 Å². The fraction of sp³-hybridized carbons (Fsp3) is 0.364. The Balaban J connectivity index is 1.45. The summed E-state index contributed by atoms with van der Waals surface area (Å²) in [6, 6.07) is 16.5. The number of para-hydroxylation sites is 2. The van der Waals surface area contributed by atoms with E-state index in [1.807, 2.05) is 42.5 Å². The van der Waals surface area contributed by atoms with Gasteiger partial charge >= 0.3 is 0 Å². The summed E-state index contributed by atoms with van der Waals surface area (Å²) in [5.41, 5.74) is 3.09. The molecule has 6 heteroatoms. The Labute approximate surface area is 171 Å². The first-order valence-corrected chi connectivity index (χ1v) is 10.3. The van der Waals surface area contributed by atoms with Crippen LogP contribution in [0.25, 0.3) is 11.0 Å². The highest BCUT2D eigenvalue weighted by atomic mass is 32.1. The monoisotopic (exact) mass is 394 g/mol. The molecule has 3 aromatic rings. The molecule has 5 nitrogen and oxygen atoms in total. The van der Waals surface area contributed by atoms with Crippen LogP contribution in [0.1, 0.15) is 31.5 Å². The van der Waals surface area contributed by atoms with Gasteiger partial charge in [-0.05, 0) is 61.5 Å². The molecule has 28 heavy (non-hydrogen) atoms. The van der Waals surface area contributed by atoms with Crippen molar-refractivity contribution in [1.29, 1.82) is 0 Å². The summed E-state index contributed by atoms with van der Waals surface area (Å²) in [6.45, 7) is 0.854. The molecule has 0 atom stereocenters. The van der Waals surface area contributed by atoms with E-state index in [9.17, 15) is 0 Å². The topological polar surface area (TPSA) is 53.2 Å². The second kappa shape index (κ2) is 8.61. The molecule has 0 radical (unpaired) electrons. The standard InChI is InChI=1S/C22H26N4OS/c1-27-18-12-10-16(11-13-18)23-22(28)26(17-6-2-3-7-17)15-14-21-24-19-8-4-5-9-20(19)25-21/h4-5,8-13,17H,2-3,6-7,14-15H2,1H3,(H,23,28)(H,24,25). The minimum absolute atomic E-state index is 0.502. The predicted octanol–water partition coefficient (Wildman–Crippen LogP) is 4.76. The third kappa shape index (κ3) is 4.28. The van der Waals surface area contributed by atoms with Crippen LogP contribution in [0.15, 0.2) is 48.5 Å². The van der Waals surface area contributed by atoms with Crippen molar-refractivity contribution in [1.82, 2.24) is 14.9 Å². The Hall–Kier alpha value is -2.60. The first-order valence-electron chi connectivity index (χ1n) is 9.88. The van der Waals surface area contributed by atoms with Gasteiger partial charge in [-0.15, -0.1) is 0 Å². The lowest BCUT2D eigenvalue weighted by molar-refractivity contribution is 0.320. The molecule has 0 aliphatic heterocycles. The summed E-state index contributed by atoms with van der Waals surface area (Å²) in [5.74, 6) is 1.85. The molecule has 1 aliphatic rings. The molecule has 0 amide bonds. The van der Waals surface area contributed by atoms with Gasteiger partial charge in [-0.2, -0.15) is 0 Å². The summed E-state index contributed by atoms with van der Waals surface area (Å²) in [5, 5.41) is 4.19. The second-order valence-corrected chi connectivity index (χ2v) is 7.63. The van der Waals surface area contributed by atoms with Crippen LogP contribution < -0.4 is 10.1 Å². The van der Waals surface area contributed by atoms with Crippen LogP contribution in [0.4, 0.5) is 5.69 Å². The molecule has 1 aromatic heterocycles. The van der Waals surface area contributed by atoms with E-state index in [1.54, 1.807) is 7.11 Å². The molecule has 1 heterocycles. The Morgan fingerprint density at radius 2 is 1.93 bits per heavy atom. The van der Waals surface area contributed by atoms with Crippen LogP contribution in [0.3, 0.4) is 0 Å². The molecular formula is C22H26N4OS. The van der Waals surface area contributed by atoms with Crippen LogP contribution in [0, 0.1) is 0 Å². The molecule has 2 aromatic carbocycles. The van der Waals surface area contributed by atoms with Crippen LogP contribution in [-0.4, -0.2) is 39.7 Å². The highest BCUT2D eigenvalue weighted by Gasteiger charge is 2.24. The summed E-state index contributed by atoms with van der Waals surface area (Å²) in [6.07, 6.45) is 5.79. The molecule has 1 aliphatic carbocycles. The number of nitrogens with one attached hydrogen (secondary N) is 2. The fourth-order valence-electron chi connectivity index (χ4n) is 3.89. The number of hydrogen-bond acceptors (Lipinski definition) is 3. The molecule has 0 saturated heterocycles. The second-order valence-electron chi connectivity index (χ2n) is 7.24. The van der Waals surface area contributed by atoms with Gasteiger partial charge in [-0.1, -0.05) is 25.0 Å². The number of hydrogen-bond donors (Lipinski definition) is 2. The molecular weight excluding hydrogens is 368 g/mol. The largest absolute Gasteiger partial charge is 0.497 e. The Kier molecular flexibility index (Phi) is 5.76. The van der Waals surface area contributed by atoms with E-state index in [1.165, 1.54) is 25.7 Å². The first-order chi connectivity index (χ1) is 13.7. The van der Waals surface area contributed by atoms with Crippen LogP contribution in [0.5, 0.6) is 5.75 Å². The van der Waals surface area contributed by atoms with E-state index in [-0.39, 0.29) is 0 Å². The molecule has 2 N–H and O–H groups in total. The number of rotatable bonds is 6. The predicted molar refractivity (Wildman–Crippen MR) is 118 cm³/mol. The number of methoxy groups -OCH3 is 1. The molecule has 4 rings (SSSR count). The number of H-pyrrole nitrogens is 1. The van der Waals surface area contributed by atoms with E-state index in [2.05, 4.69) is 21.3 Å². The SMILES string of the molecule is COc1ccc(NC(=S)N(CCc2nc3ccccc3[nH]2)C2CCCC2)cc1. The number of thiocarbonyl (C=S) groups is 1. The van der Waals surface area contributed by atoms with Crippen molar-refractivity contribution in [2.75, 3.05) is 19.0 Å². The zero-order chi connectivity index (χ0) is 19.3. The Morgan fingerprint density at radius 3 is 2.64 bits per heavy atom. The number of anilines is 1. The van der Waals surface area contributed by atoms with Gasteiger partial charge in [-0.3, -0.25) is 0 Å². The van der Waals surface area contributed by atoms with Crippen molar-refractivity contribution < 1.29 is 4.74 Å². The maximum absolute atomic E-state index is 5.79. The third-order valence-electron chi connectivity index (χ3n) is 5.40. The van der Waals surface area contributed by atoms with Crippen LogP contribution >= 0.6 is 12.2 Å². The first kappa shape index (κ1) is 18.7. The summed E-state index contributed by atoms with van der Waals surface area (Å²) in [7, 11) is 1.67. The average Bonchev–Trinajstić information content (AvgIpc) is 3.38. The molecule has 1 fully saturated rings. The lowest BCUT2D eigenvalue weighted by Crippen LogP contribution is -2.42. The minimum Gasteiger partial charge on any atom is -0.497 e. The van der Waals surface area contributed by atoms with E-state index in [4.69, 9.17) is 21.9 Å². The van der Waals surface area contributed by atoms with E-state index >= 15 is 0 Å². The smallest absolute Gasteiger partial charge is 0.173 e. The van der Waals surface area contributed by atoms with E-state index in [0.29, 0.717) is 6.04 Å². The van der Waals surface area contributed by atoms with Gasteiger partial charge in [0, 0.05) is 24.7 Å². The number of imidazole rings is 1. The van der Waals surface area contributed by atoms with Gasteiger partial charge < -0.3 is 19.9 Å². The lowest BCUT2D eigenvalue weighted by Gasteiger charge is -2.31. The van der Waals surface area contributed by atoms with Crippen molar-refractivity contribution in [3.8, 4) is 5.75 Å². The van der Waals surface area contributed by atoms with Crippen molar-refractivity contribution >= 4 is 34.1 Å². The quantitative estimate of drug-likeness (QED) is 0.591. The lowest BCUT2D eigenvalue weighted by atomic mass is 10.2. The third-order valence-corrected chi connectivity index (χ3v) is 5.73. The van der Waals surface area contributed by atoms with Crippen LogP contribution in [0.2, 0.25) is 0 Å². The number of ether oxygens (including phenoxy) is 1. The fourth-order valence-corrected chi connectivity index (χ4v) is 4.24. The van der Waals surface area contributed by atoms with Crippen molar-refractivity contribution in [2.24, 2.45) is 0 Å². The highest BCUT2D eigenvalue weighted by Crippen LogP contribution is 2.25. The van der Waals surface area contributed by atoms with Gasteiger partial charge in [0.25, 0.3) is 0 Å². The summed E-state index contributed by atoms with van der Waals surface area (Å²) >= 11 is 5.79. The van der Waals surface area contributed by atoms with E-state index < -0.39 is 0 Å². The zero-order valence-corrected chi connectivity index (χ0v) is 17.0. The molecule has 0 unspecified atom stereocenters.